The summed E-state index contributed by atoms with van der Waals surface area (Å²) in [5.41, 5.74) is -0.376. The van der Waals surface area contributed by atoms with E-state index in [0.29, 0.717) is 5.56 Å². The first-order chi connectivity index (χ1) is 14.0. The molecule has 2 aliphatic heterocycles. The smallest absolute Gasteiger partial charge is 0.411 e. The zero-order valence-electron chi connectivity index (χ0n) is 16.9. The molecular weight excluding hydrogens is 397 g/mol. The van der Waals surface area contributed by atoms with Gasteiger partial charge in [-0.25, -0.2) is 5.01 Å². The first kappa shape index (κ1) is 20.7. The second kappa shape index (κ2) is 6.97. The zero-order valence-corrected chi connectivity index (χ0v) is 16.9. The lowest BCUT2D eigenvalue weighted by molar-refractivity contribution is -0.207. The van der Waals surface area contributed by atoms with Gasteiger partial charge in [-0.3, -0.25) is 14.6 Å². The van der Waals surface area contributed by atoms with Gasteiger partial charge in [0.05, 0.1) is 6.04 Å². The SMILES string of the molecule is CC(C)(C)OC(=O)C1C(c2cccc3ccccc23)N2CCC(=O)N2C1C(F)(F)F. The number of nitrogens with zero attached hydrogens (tertiary/aromatic N) is 2. The molecule has 0 N–H and O–H groups in total. The molecule has 0 radical (unpaired) electrons. The van der Waals surface area contributed by atoms with Crippen molar-refractivity contribution in [1.29, 1.82) is 0 Å². The minimum Gasteiger partial charge on any atom is -0.460 e. The number of hydrogen-bond donors (Lipinski definition) is 0. The van der Waals surface area contributed by atoms with Gasteiger partial charge < -0.3 is 4.74 Å². The van der Waals surface area contributed by atoms with Crippen LogP contribution >= 0.6 is 0 Å². The predicted octanol–water partition coefficient (Wildman–Crippen LogP) is 4.23. The third kappa shape index (κ3) is 3.43. The first-order valence-electron chi connectivity index (χ1n) is 9.85. The number of fused-ring (bicyclic) bond motifs is 2. The van der Waals surface area contributed by atoms with Gasteiger partial charge in [-0.1, -0.05) is 42.5 Å². The summed E-state index contributed by atoms with van der Waals surface area (Å²) in [6.07, 6.45) is -4.80. The van der Waals surface area contributed by atoms with Crippen LogP contribution in [0.25, 0.3) is 10.8 Å². The number of alkyl halides is 3. The molecule has 8 heteroatoms. The van der Waals surface area contributed by atoms with Gasteiger partial charge in [0.15, 0.2) is 6.04 Å². The molecule has 30 heavy (non-hydrogen) atoms. The normalized spacial score (nSPS) is 25.1. The summed E-state index contributed by atoms with van der Waals surface area (Å²) in [6, 6.07) is 9.47. The van der Waals surface area contributed by atoms with Gasteiger partial charge >= 0.3 is 12.1 Å². The van der Waals surface area contributed by atoms with E-state index in [1.807, 2.05) is 24.3 Å². The second-order valence-electron chi connectivity index (χ2n) is 8.71. The summed E-state index contributed by atoms with van der Waals surface area (Å²) in [7, 11) is 0. The van der Waals surface area contributed by atoms with E-state index in [1.165, 1.54) is 5.01 Å². The van der Waals surface area contributed by atoms with E-state index in [4.69, 9.17) is 4.74 Å². The summed E-state index contributed by atoms with van der Waals surface area (Å²) >= 11 is 0. The average Bonchev–Trinajstić information content (AvgIpc) is 3.17. The van der Waals surface area contributed by atoms with Crippen LogP contribution in [0.15, 0.2) is 42.5 Å². The fourth-order valence-electron chi connectivity index (χ4n) is 4.51. The Morgan fingerprint density at radius 3 is 2.40 bits per heavy atom. The number of benzene rings is 2. The van der Waals surface area contributed by atoms with E-state index in [9.17, 15) is 22.8 Å². The highest BCUT2D eigenvalue weighted by atomic mass is 19.4. The lowest BCUT2D eigenvalue weighted by Gasteiger charge is -2.29. The van der Waals surface area contributed by atoms with Crippen LogP contribution in [0.2, 0.25) is 0 Å². The topological polar surface area (TPSA) is 49.9 Å². The molecule has 0 aromatic heterocycles. The van der Waals surface area contributed by atoms with Crippen molar-refractivity contribution in [2.75, 3.05) is 6.54 Å². The molecular formula is C22H23F3N2O3. The number of carbonyl (C=O) groups is 2. The Morgan fingerprint density at radius 2 is 1.73 bits per heavy atom. The van der Waals surface area contributed by atoms with Crippen molar-refractivity contribution in [3.63, 3.8) is 0 Å². The van der Waals surface area contributed by atoms with Crippen LogP contribution in [0.4, 0.5) is 13.2 Å². The van der Waals surface area contributed by atoms with E-state index in [-0.39, 0.29) is 13.0 Å². The molecule has 3 unspecified atom stereocenters. The molecule has 160 valence electrons. The van der Waals surface area contributed by atoms with E-state index in [2.05, 4.69) is 0 Å². The minimum atomic E-state index is -4.78. The number of halogens is 3. The molecule has 0 aliphatic carbocycles. The molecule has 0 spiro atoms. The number of hydrogen-bond acceptors (Lipinski definition) is 4. The predicted molar refractivity (Wildman–Crippen MR) is 104 cm³/mol. The molecule has 2 aliphatic rings. The number of amides is 1. The quantitative estimate of drug-likeness (QED) is 0.683. The molecule has 5 nitrogen and oxygen atoms in total. The monoisotopic (exact) mass is 420 g/mol. The molecule has 0 saturated carbocycles. The Bertz CT molecular complexity index is 994. The molecule has 2 heterocycles. The van der Waals surface area contributed by atoms with E-state index < -0.39 is 41.7 Å². The third-order valence-corrected chi connectivity index (χ3v) is 5.51. The fourth-order valence-corrected chi connectivity index (χ4v) is 4.51. The summed E-state index contributed by atoms with van der Waals surface area (Å²) in [5, 5.41) is 3.74. The number of rotatable bonds is 2. The van der Waals surface area contributed by atoms with Crippen LogP contribution in [0.5, 0.6) is 0 Å². The van der Waals surface area contributed by atoms with Gasteiger partial charge in [0, 0.05) is 13.0 Å². The van der Waals surface area contributed by atoms with Crippen molar-refractivity contribution in [1.82, 2.24) is 10.0 Å². The van der Waals surface area contributed by atoms with Gasteiger partial charge in [0.25, 0.3) is 0 Å². The van der Waals surface area contributed by atoms with Gasteiger partial charge in [-0.05, 0) is 37.1 Å². The molecule has 0 bridgehead atoms. The largest absolute Gasteiger partial charge is 0.460 e. The molecule has 1 amide bonds. The fraction of sp³-hybridized carbons (Fsp3) is 0.455. The lowest BCUT2D eigenvalue weighted by atomic mass is 9.85. The maximum atomic E-state index is 14.2. The highest BCUT2D eigenvalue weighted by molar-refractivity contribution is 5.88. The van der Waals surface area contributed by atoms with Crippen LogP contribution < -0.4 is 0 Å². The number of hydrazine groups is 1. The van der Waals surface area contributed by atoms with Crippen LogP contribution in [0.1, 0.15) is 38.8 Å². The van der Waals surface area contributed by atoms with Crippen LogP contribution in [-0.2, 0) is 14.3 Å². The maximum absolute atomic E-state index is 14.2. The van der Waals surface area contributed by atoms with Gasteiger partial charge in [-0.15, -0.1) is 0 Å². The Hall–Kier alpha value is -2.61. The van der Waals surface area contributed by atoms with Crippen molar-refractivity contribution >= 4 is 22.6 Å². The number of ether oxygens (including phenoxy) is 1. The van der Waals surface area contributed by atoms with Gasteiger partial charge in [0.2, 0.25) is 5.91 Å². The summed E-state index contributed by atoms with van der Waals surface area (Å²) in [5.74, 6) is -3.17. The van der Waals surface area contributed by atoms with Crippen molar-refractivity contribution in [3.05, 3.63) is 48.0 Å². The van der Waals surface area contributed by atoms with E-state index in [1.54, 1.807) is 39.0 Å². The molecule has 2 saturated heterocycles. The highest BCUT2D eigenvalue weighted by Gasteiger charge is 2.65. The van der Waals surface area contributed by atoms with Crippen LogP contribution in [0.3, 0.4) is 0 Å². The second-order valence-corrected chi connectivity index (χ2v) is 8.71. The summed E-state index contributed by atoms with van der Waals surface area (Å²) < 4.78 is 48.0. The van der Waals surface area contributed by atoms with Crippen molar-refractivity contribution < 1.29 is 27.5 Å². The van der Waals surface area contributed by atoms with E-state index in [0.717, 1.165) is 15.8 Å². The van der Waals surface area contributed by atoms with Gasteiger partial charge in [-0.2, -0.15) is 13.2 Å². The van der Waals surface area contributed by atoms with Crippen molar-refractivity contribution in [3.8, 4) is 0 Å². The highest BCUT2D eigenvalue weighted by Crippen LogP contribution is 2.51. The lowest BCUT2D eigenvalue weighted by Crippen LogP contribution is -2.50. The van der Waals surface area contributed by atoms with Crippen LogP contribution in [-0.4, -0.2) is 46.3 Å². The number of esters is 1. The Balaban J connectivity index is 1.91. The standard InChI is InChI=1S/C22H23F3N2O3/c1-21(2,3)30-20(29)17-18(15-10-6-8-13-7-4-5-9-14(13)15)26-12-11-16(28)27(26)19(17)22(23,24)25/h4-10,17-19H,11-12H2,1-3H3. The maximum Gasteiger partial charge on any atom is 0.411 e. The third-order valence-electron chi connectivity index (χ3n) is 5.51. The minimum absolute atomic E-state index is 0.0190. The van der Waals surface area contributed by atoms with E-state index >= 15 is 0 Å². The molecule has 2 fully saturated rings. The average molecular weight is 420 g/mol. The van der Waals surface area contributed by atoms with Crippen molar-refractivity contribution in [2.24, 2.45) is 5.92 Å². The number of carbonyl (C=O) groups excluding carboxylic acids is 2. The zero-order chi connectivity index (χ0) is 21.8. The van der Waals surface area contributed by atoms with Gasteiger partial charge in [0.1, 0.15) is 11.5 Å². The summed E-state index contributed by atoms with van der Waals surface area (Å²) in [6.45, 7) is 4.96. The molecule has 3 atom stereocenters. The van der Waals surface area contributed by atoms with Crippen molar-refractivity contribution in [2.45, 2.75) is 51.1 Å². The first-order valence-corrected chi connectivity index (χ1v) is 9.85. The molecule has 4 rings (SSSR count). The summed E-state index contributed by atoms with van der Waals surface area (Å²) in [4.78, 5) is 25.5. The van der Waals surface area contributed by atoms with Crippen LogP contribution in [0, 0.1) is 5.92 Å². The molecule has 2 aromatic carbocycles. The Morgan fingerprint density at radius 1 is 1.07 bits per heavy atom. The molecule has 2 aromatic rings. The Labute approximate surface area is 172 Å². The Kier molecular flexibility index (Phi) is 4.80.